The minimum absolute atomic E-state index is 0.134. The van der Waals surface area contributed by atoms with Gasteiger partial charge < -0.3 is 10.4 Å². The summed E-state index contributed by atoms with van der Waals surface area (Å²) in [5, 5.41) is 13.0. The van der Waals surface area contributed by atoms with E-state index in [1.807, 2.05) is 6.92 Å². The maximum atomic E-state index is 12.5. The van der Waals surface area contributed by atoms with E-state index < -0.39 is 16.1 Å². The number of nitrogens with zero attached hydrogens (tertiary/aromatic N) is 2. The normalized spacial score (nSPS) is 24.0. The predicted octanol–water partition coefficient (Wildman–Crippen LogP) is 1.29. The second kappa shape index (κ2) is 6.72. The van der Waals surface area contributed by atoms with Crippen molar-refractivity contribution in [2.24, 2.45) is 5.92 Å². The molecule has 0 aromatic carbocycles. The molecule has 0 saturated carbocycles. The number of nitrogens with one attached hydrogen (secondary N) is 1. The van der Waals surface area contributed by atoms with Gasteiger partial charge in [-0.25, -0.2) is 13.4 Å². The number of aliphatic hydroxyl groups excluding tert-OH is 1. The maximum Gasteiger partial charge on any atom is 0.244 e. The van der Waals surface area contributed by atoms with Gasteiger partial charge in [0.1, 0.15) is 10.7 Å². The van der Waals surface area contributed by atoms with E-state index in [0.29, 0.717) is 18.8 Å². The van der Waals surface area contributed by atoms with E-state index in [1.54, 1.807) is 12.1 Å². The monoisotopic (exact) mass is 313 g/mol. The molecule has 21 heavy (non-hydrogen) atoms. The Morgan fingerprint density at radius 2 is 2.24 bits per heavy atom. The molecule has 2 unspecified atom stereocenters. The Kier molecular flexibility index (Phi) is 5.18. The summed E-state index contributed by atoms with van der Waals surface area (Å²) < 4.78 is 26.4. The molecule has 0 spiro atoms. The highest BCUT2D eigenvalue weighted by Crippen LogP contribution is 2.23. The number of sulfonamides is 1. The number of rotatable bonds is 5. The van der Waals surface area contributed by atoms with Gasteiger partial charge in [0.15, 0.2) is 0 Å². The molecule has 2 heterocycles. The third kappa shape index (κ3) is 3.72. The number of piperidine rings is 1. The molecule has 0 bridgehead atoms. The van der Waals surface area contributed by atoms with E-state index in [1.165, 1.54) is 10.5 Å². The van der Waals surface area contributed by atoms with Crippen LogP contribution in [0.4, 0.5) is 5.82 Å². The van der Waals surface area contributed by atoms with Crippen molar-refractivity contribution in [1.82, 2.24) is 9.29 Å². The lowest BCUT2D eigenvalue weighted by Crippen LogP contribution is -2.45. The van der Waals surface area contributed by atoms with Crippen molar-refractivity contribution < 1.29 is 13.5 Å². The zero-order chi connectivity index (χ0) is 15.5. The highest BCUT2D eigenvalue weighted by atomic mass is 32.2. The van der Waals surface area contributed by atoms with Gasteiger partial charge in [-0.1, -0.05) is 13.8 Å². The summed E-state index contributed by atoms with van der Waals surface area (Å²) in [6.45, 7) is 5.38. The van der Waals surface area contributed by atoms with Gasteiger partial charge in [-0.3, -0.25) is 0 Å². The number of aliphatic hydroxyl groups is 1. The van der Waals surface area contributed by atoms with Crippen molar-refractivity contribution in [3.05, 3.63) is 18.3 Å². The van der Waals surface area contributed by atoms with Crippen LogP contribution in [0.25, 0.3) is 0 Å². The van der Waals surface area contributed by atoms with Crippen LogP contribution in [0.5, 0.6) is 0 Å². The van der Waals surface area contributed by atoms with Crippen LogP contribution in [0, 0.1) is 5.92 Å². The molecule has 1 aromatic rings. The van der Waals surface area contributed by atoms with Gasteiger partial charge >= 0.3 is 0 Å². The minimum atomic E-state index is -3.57. The summed E-state index contributed by atoms with van der Waals surface area (Å²) in [7, 11) is -3.57. The van der Waals surface area contributed by atoms with Crippen molar-refractivity contribution in [1.29, 1.82) is 0 Å². The summed E-state index contributed by atoms with van der Waals surface area (Å²) in [4.78, 5) is 4.30. The van der Waals surface area contributed by atoms with Crippen molar-refractivity contribution in [2.45, 2.75) is 37.7 Å². The van der Waals surface area contributed by atoms with Crippen LogP contribution in [0.1, 0.15) is 26.7 Å². The Bertz CT molecular complexity index is 559. The number of hydrogen-bond donors (Lipinski definition) is 2. The molecule has 2 N–H and O–H groups in total. The van der Waals surface area contributed by atoms with Gasteiger partial charge in [0.25, 0.3) is 0 Å². The zero-order valence-corrected chi connectivity index (χ0v) is 13.3. The van der Waals surface area contributed by atoms with Crippen molar-refractivity contribution in [3.63, 3.8) is 0 Å². The summed E-state index contributed by atoms with van der Waals surface area (Å²) in [5.41, 5.74) is 0. The van der Waals surface area contributed by atoms with Crippen LogP contribution in [0.2, 0.25) is 0 Å². The molecule has 6 nitrogen and oxygen atoms in total. The fourth-order valence-corrected chi connectivity index (χ4v) is 3.70. The zero-order valence-electron chi connectivity index (χ0n) is 12.5. The van der Waals surface area contributed by atoms with Gasteiger partial charge in [0.05, 0.1) is 6.10 Å². The Morgan fingerprint density at radius 1 is 1.48 bits per heavy atom. The van der Waals surface area contributed by atoms with E-state index in [0.717, 1.165) is 13.0 Å². The third-order valence-corrected chi connectivity index (χ3v) is 5.66. The lowest BCUT2D eigenvalue weighted by atomic mass is 9.98. The largest absolute Gasteiger partial charge is 0.391 e. The Balaban J connectivity index is 2.12. The SMILES string of the molecule is CCCNc1ccc(S(=O)(=O)N2CCC(C)C(O)C2)cn1. The third-order valence-electron chi connectivity index (χ3n) is 3.81. The summed E-state index contributed by atoms with van der Waals surface area (Å²) in [6, 6.07) is 3.23. The lowest BCUT2D eigenvalue weighted by molar-refractivity contribution is 0.0605. The smallest absolute Gasteiger partial charge is 0.244 e. The average Bonchev–Trinajstić information content (AvgIpc) is 2.48. The van der Waals surface area contributed by atoms with E-state index in [9.17, 15) is 13.5 Å². The highest BCUT2D eigenvalue weighted by molar-refractivity contribution is 7.89. The second-order valence-electron chi connectivity index (χ2n) is 5.50. The van der Waals surface area contributed by atoms with Crippen molar-refractivity contribution in [3.8, 4) is 0 Å². The summed E-state index contributed by atoms with van der Waals surface area (Å²) in [6.07, 6.45) is 2.42. The highest BCUT2D eigenvalue weighted by Gasteiger charge is 2.32. The summed E-state index contributed by atoms with van der Waals surface area (Å²) >= 11 is 0. The second-order valence-corrected chi connectivity index (χ2v) is 7.44. The van der Waals surface area contributed by atoms with Crippen LogP contribution in [0.3, 0.4) is 0 Å². The van der Waals surface area contributed by atoms with Crippen LogP contribution < -0.4 is 5.32 Å². The first-order valence-electron chi connectivity index (χ1n) is 7.33. The lowest BCUT2D eigenvalue weighted by Gasteiger charge is -2.33. The topological polar surface area (TPSA) is 82.5 Å². The number of aromatic nitrogens is 1. The Morgan fingerprint density at radius 3 is 2.81 bits per heavy atom. The first-order valence-corrected chi connectivity index (χ1v) is 8.77. The van der Waals surface area contributed by atoms with Crippen molar-refractivity contribution in [2.75, 3.05) is 25.0 Å². The summed E-state index contributed by atoms with van der Waals surface area (Å²) in [5.74, 6) is 0.804. The van der Waals surface area contributed by atoms with Crippen LogP contribution in [0.15, 0.2) is 23.2 Å². The first-order chi connectivity index (χ1) is 9.95. The molecule has 0 aliphatic carbocycles. The number of hydrogen-bond acceptors (Lipinski definition) is 5. The molecule has 7 heteroatoms. The van der Waals surface area contributed by atoms with E-state index in [2.05, 4.69) is 17.2 Å². The van der Waals surface area contributed by atoms with E-state index in [4.69, 9.17) is 0 Å². The molecule has 2 rings (SSSR count). The number of pyridine rings is 1. The van der Waals surface area contributed by atoms with E-state index >= 15 is 0 Å². The average molecular weight is 313 g/mol. The van der Waals surface area contributed by atoms with Gasteiger partial charge in [-0.2, -0.15) is 4.31 Å². The molecule has 0 amide bonds. The van der Waals surface area contributed by atoms with Crippen LogP contribution in [-0.4, -0.2) is 48.6 Å². The Labute approximate surface area is 126 Å². The van der Waals surface area contributed by atoms with Crippen molar-refractivity contribution >= 4 is 15.8 Å². The van der Waals surface area contributed by atoms with Gasteiger partial charge in [-0.05, 0) is 30.9 Å². The number of β-amino-alcohol motifs (C(OH)–C–C–N with tert-alkyl or cyclic N) is 1. The molecule has 1 aliphatic heterocycles. The predicted molar refractivity (Wildman–Crippen MR) is 81.6 cm³/mol. The number of anilines is 1. The van der Waals surface area contributed by atoms with Gasteiger partial charge in [-0.15, -0.1) is 0 Å². The van der Waals surface area contributed by atoms with Gasteiger partial charge in [0, 0.05) is 25.8 Å². The Hall–Kier alpha value is -1.18. The molecule has 0 radical (unpaired) electrons. The fraction of sp³-hybridized carbons (Fsp3) is 0.643. The molecule has 2 atom stereocenters. The molecule has 1 fully saturated rings. The standard InChI is InChI=1S/C14H23N3O3S/c1-3-7-15-14-5-4-12(9-16-14)21(19,20)17-8-6-11(2)13(18)10-17/h4-5,9,11,13,18H,3,6-8,10H2,1-2H3,(H,15,16). The minimum Gasteiger partial charge on any atom is -0.391 e. The molecule has 1 aromatic heterocycles. The molecule has 1 aliphatic rings. The van der Waals surface area contributed by atoms with E-state index in [-0.39, 0.29) is 17.4 Å². The van der Waals surface area contributed by atoms with Gasteiger partial charge in [0.2, 0.25) is 10.0 Å². The molecular formula is C14H23N3O3S. The molecule has 1 saturated heterocycles. The fourth-order valence-electron chi connectivity index (χ4n) is 2.28. The van der Waals surface area contributed by atoms with Crippen LogP contribution in [-0.2, 0) is 10.0 Å². The van der Waals surface area contributed by atoms with Crippen LogP contribution >= 0.6 is 0 Å². The molecule has 118 valence electrons. The molecular weight excluding hydrogens is 290 g/mol. The maximum absolute atomic E-state index is 12.5. The quantitative estimate of drug-likeness (QED) is 0.856. The first kappa shape index (κ1) is 16.2.